The zero-order valence-corrected chi connectivity index (χ0v) is 13.1. The molecule has 5 nitrogen and oxygen atoms in total. The van der Waals surface area contributed by atoms with Crippen molar-refractivity contribution >= 4 is 10.2 Å². The molecule has 1 aliphatic rings. The molecule has 1 rings (SSSR count). The van der Waals surface area contributed by atoms with Gasteiger partial charge in [0.05, 0.1) is 0 Å². The van der Waals surface area contributed by atoms with Crippen molar-refractivity contribution in [3.8, 4) is 0 Å². The van der Waals surface area contributed by atoms with Crippen LogP contribution in [-0.4, -0.2) is 43.6 Å². The first-order valence-corrected chi connectivity index (χ1v) is 8.71. The van der Waals surface area contributed by atoms with E-state index in [1.54, 1.807) is 0 Å². The second kappa shape index (κ2) is 7.57. The van der Waals surface area contributed by atoms with Crippen molar-refractivity contribution in [2.45, 2.75) is 52.5 Å². The predicted molar refractivity (Wildman–Crippen MR) is 77.0 cm³/mol. The van der Waals surface area contributed by atoms with Crippen LogP contribution in [0.2, 0.25) is 0 Å². The molecule has 0 aromatic rings. The summed E-state index contributed by atoms with van der Waals surface area (Å²) in [4.78, 5) is 0. The van der Waals surface area contributed by atoms with Crippen molar-refractivity contribution in [1.82, 2.24) is 9.03 Å². The number of nitrogens with one attached hydrogen (secondary N) is 1. The fraction of sp³-hybridized carbons (Fsp3) is 1.00. The molecule has 1 fully saturated rings. The van der Waals surface area contributed by atoms with Crippen molar-refractivity contribution in [2.24, 2.45) is 11.8 Å². The van der Waals surface area contributed by atoms with Crippen molar-refractivity contribution in [2.75, 3.05) is 19.7 Å². The molecular formula is C13H28N2O3S. The highest BCUT2D eigenvalue weighted by Gasteiger charge is 2.29. The van der Waals surface area contributed by atoms with E-state index in [1.165, 1.54) is 4.31 Å². The zero-order chi connectivity index (χ0) is 14.5. The van der Waals surface area contributed by atoms with Crippen LogP contribution in [0.4, 0.5) is 0 Å². The number of aliphatic hydroxyl groups is 1. The van der Waals surface area contributed by atoms with Crippen molar-refractivity contribution in [3.05, 3.63) is 0 Å². The largest absolute Gasteiger partial charge is 0.396 e. The third kappa shape index (κ3) is 5.38. The minimum atomic E-state index is -3.41. The maximum atomic E-state index is 12.3. The van der Waals surface area contributed by atoms with Crippen LogP contribution in [0.1, 0.15) is 46.5 Å². The molecule has 0 amide bonds. The SMILES string of the molecule is CCC(C)CC(C)NS(=O)(=O)N1CCCC(CO)C1. The minimum Gasteiger partial charge on any atom is -0.396 e. The Labute approximate surface area is 117 Å². The van der Waals surface area contributed by atoms with Gasteiger partial charge >= 0.3 is 0 Å². The molecule has 0 aromatic carbocycles. The molecule has 0 saturated carbocycles. The fourth-order valence-electron chi connectivity index (χ4n) is 2.54. The van der Waals surface area contributed by atoms with Gasteiger partial charge < -0.3 is 5.11 Å². The second-order valence-electron chi connectivity index (χ2n) is 5.82. The number of hydrogen-bond donors (Lipinski definition) is 2. The van der Waals surface area contributed by atoms with Crippen LogP contribution in [0.3, 0.4) is 0 Å². The number of hydrogen-bond acceptors (Lipinski definition) is 3. The molecule has 19 heavy (non-hydrogen) atoms. The monoisotopic (exact) mass is 292 g/mol. The standard InChI is InChI=1S/C13H28N2O3S/c1-4-11(2)8-12(3)14-19(17,18)15-7-5-6-13(9-15)10-16/h11-14,16H,4-10H2,1-3H3. The minimum absolute atomic E-state index is 0.0468. The smallest absolute Gasteiger partial charge is 0.279 e. The average Bonchev–Trinajstić information content (AvgIpc) is 2.37. The summed E-state index contributed by atoms with van der Waals surface area (Å²) >= 11 is 0. The van der Waals surface area contributed by atoms with Gasteiger partial charge in [-0.1, -0.05) is 20.3 Å². The zero-order valence-electron chi connectivity index (χ0n) is 12.3. The first-order valence-electron chi connectivity index (χ1n) is 7.27. The molecule has 1 saturated heterocycles. The Balaban J connectivity index is 2.55. The molecule has 114 valence electrons. The summed E-state index contributed by atoms with van der Waals surface area (Å²) in [6.07, 6.45) is 3.65. The summed E-state index contributed by atoms with van der Waals surface area (Å²) < 4.78 is 28.8. The lowest BCUT2D eigenvalue weighted by molar-refractivity contribution is 0.164. The van der Waals surface area contributed by atoms with E-state index in [-0.39, 0.29) is 18.6 Å². The van der Waals surface area contributed by atoms with Gasteiger partial charge in [0.15, 0.2) is 0 Å². The topological polar surface area (TPSA) is 69.6 Å². The van der Waals surface area contributed by atoms with E-state index >= 15 is 0 Å². The van der Waals surface area contributed by atoms with Gasteiger partial charge in [-0.15, -0.1) is 0 Å². The lowest BCUT2D eigenvalue weighted by atomic mass is 10.0. The normalized spacial score (nSPS) is 25.2. The average molecular weight is 292 g/mol. The summed E-state index contributed by atoms with van der Waals surface area (Å²) in [7, 11) is -3.41. The van der Waals surface area contributed by atoms with E-state index in [4.69, 9.17) is 5.11 Å². The maximum Gasteiger partial charge on any atom is 0.279 e. The Morgan fingerprint density at radius 3 is 2.68 bits per heavy atom. The predicted octanol–water partition coefficient (Wildman–Crippen LogP) is 1.35. The number of aliphatic hydroxyl groups excluding tert-OH is 1. The fourth-order valence-corrected chi connectivity index (χ4v) is 4.07. The molecule has 0 bridgehead atoms. The lowest BCUT2D eigenvalue weighted by Crippen LogP contribution is -2.49. The molecule has 3 unspecified atom stereocenters. The first-order chi connectivity index (χ1) is 8.89. The van der Waals surface area contributed by atoms with Crippen LogP contribution in [0.5, 0.6) is 0 Å². The highest BCUT2D eigenvalue weighted by Crippen LogP contribution is 2.19. The Bertz CT molecular complexity index is 359. The molecule has 0 spiro atoms. The molecule has 1 aliphatic heterocycles. The van der Waals surface area contributed by atoms with Gasteiger partial charge in [0, 0.05) is 25.7 Å². The van der Waals surface area contributed by atoms with Crippen LogP contribution >= 0.6 is 0 Å². The summed E-state index contributed by atoms with van der Waals surface area (Å²) in [5.74, 6) is 0.597. The van der Waals surface area contributed by atoms with Gasteiger partial charge in [0.25, 0.3) is 10.2 Å². The van der Waals surface area contributed by atoms with Gasteiger partial charge in [-0.2, -0.15) is 17.4 Å². The molecule has 2 N–H and O–H groups in total. The van der Waals surface area contributed by atoms with Gasteiger partial charge in [-0.3, -0.25) is 0 Å². The second-order valence-corrected chi connectivity index (χ2v) is 7.52. The highest BCUT2D eigenvalue weighted by atomic mass is 32.2. The number of piperidine rings is 1. The van der Waals surface area contributed by atoms with Gasteiger partial charge in [0.2, 0.25) is 0 Å². The molecule has 6 heteroatoms. The maximum absolute atomic E-state index is 12.3. The van der Waals surface area contributed by atoms with E-state index in [0.29, 0.717) is 19.0 Å². The Hall–Kier alpha value is -0.170. The highest BCUT2D eigenvalue weighted by molar-refractivity contribution is 7.87. The summed E-state index contributed by atoms with van der Waals surface area (Å²) in [6.45, 7) is 7.21. The lowest BCUT2D eigenvalue weighted by Gasteiger charge is -2.32. The first kappa shape index (κ1) is 16.9. The molecule has 0 aliphatic carbocycles. The third-order valence-electron chi connectivity index (χ3n) is 3.88. The van der Waals surface area contributed by atoms with Gasteiger partial charge in [0.1, 0.15) is 0 Å². The quantitative estimate of drug-likeness (QED) is 0.744. The van der Waals surface area contributed by atoms with E-state index < -0.39 is 10.2 Å². The third-order valence-corrected chi connectivity index (χ3v) is 5.59. The van der Waals surface area contributed by atoms with Crippen molar-refractivity contribution < 1.29 is 13.5 Å². The number of rotatable bonds is 7. The summed E-state index contributed by atoms with van der Waals surface area (Å²) in [5.41, 5.74) is 0. The van der Waals surface area contributed by atoms with Crippen LogP contribution in [0.25, 0.3) is 0 Å². The van der Waals surface area contributed by atoms with Crippen LogP contribution in [0, 0.1) is 11.8 Å². The molecule has 1 heterocycles. The summed E-state index contributed by atoms with van der Waals surface area (Å²) in [5, 5.41) is 9.17. The molecule has 0 aromatic heterocycles. The molecule has 0 radical (unpaired) electrons. The summed E-state index contributed by atoms with van der Waals surface area (Å²) in [6, 6.07) is -0.0468. The molecular weight excluding hydrogens is 264 g/mol. The van der Waals surface area contributed by atoms with E-state index in [2.05, 4.69) is 18.6 Å². The van der Waals surface area contributed by atoms with Gasteiger partial charge in [-0.25, -0.2) is 0 Å². The molecule has 3 atom stereocenters. The van der Waals surface area contributed by atoms with Crippen LogP contribution in [-0.2, 0) is 10.2 Å². The Kier molecular flexibility index (Phi) is 6.73. The Morgan fingerprint density at radius 2 is 2.11 bits per heavy atom. The van der Waals surface area contributed by atoms with Crippen molar-refractivity contribution in [1.29, 1.82) is 0 Å². The van der Waals surface area contributed by atoms with E-state index in [9.17, 15) is 8.42 Å². The van der Waals surface area contributed by atoms with Crippen LogP contribution in [0.15, 0.2) is 0 Å². The Morgan fingerprint density at radius 1 is 1.42 bits per heavy atom. The number of nitrogens with zero attached hydrogens (tertiary/aromatic N) is 1. The van der Waals surface area contributed by atoms with E-state index in [0.717, 1.165) is 25.7 Å². The van der Waals surface area contributed by atoms with E-state index in [1.807, 2.05) is 6.92 Å². The van der Waals surface area contributed by atoms with Gasteiger partial charge in [-0.05, 0) is 38.0 Å². The van der Waals surface area contributed by atoms with Crippen molar-refractivity contribution in [3.63, 3.8) is 0 Å². The van der Waals surface area contributed by atoms with Crippen LogP contribution < -0.4 is 4.72 Å².